The highest BCUT2D eigenvalue weighted by molar-refractivity contribution is 6.30. The molecule has 1 amide bonds. The van der Waals surface area contributed by atoms with Gasteiger partial charge >= 0.3 is 5.69 Å². The van der Waals surface area contributed by atoms with Gasteiger partial charge < -0.3 is 15.4 Å². The molecule has 0 aliphatic carbocycles. The molecular formula is C13H18ClN3O4. The average Bonchev–Trinajstić information content (AvgIpc) is 2.45. The molecule has 1 rings (SSSR count). The predicted molar refractivity (Wildman–Crippen MR) is 79.8 cm³/mol. The fourth-order valence-corrected chi connectivity index (χ4v) is 1.76. The molecule has 0 atom stereocenters. The van der Waals surface area contributed by atoms with E-state index in [2.05, 4.69) is 10.6 Å². The van der Waals surface area contributed by atoms with Crippen LogP contribution in [0.1, 0.15) is 12.8 Å². The van der Waals surface area contributed by atoms with Gasteiger partial charge in [0.25, 0.3) is 0 Å². The molecule has 7 nitrogen and oxygen atoms in total. The maximum Gasteiger partial charge on any atom is 0.312 e. The molecule has 0 saturated heterocycles. The molecule has 0 aliphatic heterocycles. The van der Waals surface area contributed by atoms with E-state index in [-0.39, 0.29) is 35.4 Å². The summed E-state index contributed by atoms with van der Waals surface area (Å²) in [5.41, 5.74) is -0.211. The maximum absolute atomic E-state index is 11.5. The smallest absolute Gasteiger partial charge is 0.312 e. The van der Waals surface area contributed by atoms with E-state index in [1.54, 1.807) is 0 Å². The monoisotopic (exact) mass is 315 g/mol. The molecule has 1 aromatic rings. The van der Waals surface area contributed by atoms with Crippen molar-refractivity contribution in [2.24, 2.45) is 0 Å². The molecule has 116 valence electrons. The molecule has 0 bridgehead atoms. The van der Waals surface area contributed by atoms with Crippen LogP contribution in [0.2, 0.25) is 5.02 Å². The minimum absolute atomic E-state index is 0.0698. The number of nitrogens with one attached hydrogen (secondary N) is 2. The van der Waals surface area contributed by atoms with E-state index >= 15 is 0 Å². The third kappa shape index (κ3) is 6.42. The van der Waals surface area contributed by atoms with Crippen LogP contribution in [0.5, 0.6) is 5.75 Å². The van der Waals surface area contributed by atoms with E-state index in [4.69, 9.17) is 16.3 Å². The average molecular weight is 316 g/mol. The van der Waals surface area contributed by atoms with Crippen molar-refractivity contribution in [1.82, 2.24) is 10.6 Å². The van der Waals surface area contributed by atoms with Gasteiger partial charge in [0.15, 0.2) is 5.75 Å². The summed E-state index contributed by atoms with van der Waals surface area (Å²) in [6.45, 7) is 1.48. The van der Waals surface area contributed by atoms with E-state index in [9.17, 15) is 14.9 Å². The molecule has 0 radical (unpaired) electrons. The summed E-state index contributed by atoms with van der Waals surface area (Å²) in [7, 11) is 1.84. The lowest BCUT2D eigenvalue weighted by atomic mass is 10.3. The Balaban J connectivity index is 2.39. The highest BCUT2D eigenvalue weighted by Gasteiger charge is 2.15. The van der Waals surface area contributed by atoms with Crippen LogP contribution in [0.15, 0.2) is 18.2 Å². The fourth-order valence-electron chi connectivity index (χ4n) is 1.59. The second-order valence-corrected chi connectivity index (χ2v) is 4.71. The van der Waals surface area contributed by atoms with Crippen LogP contribution in [0, 0.1) is 10.1 Å². The third-order valence-electron chi connectivity index (χ3n) is 2.63. The largest absolute Gasteiger partial charge is 0.486 e. The number of halogens is 1. The third-order valence-corrected chi connectivity index (χ3v) is 2.87. The molecule has 8 heteroatoms. The SMILES string of the molecule is CNCCCNC(=O)CCOc1ccc(Cl)cc1[N+](=O)[O-]. The molecule has 21 heavy (non-hydrogen) atoms. The second-order valence-electron chi connectivity index (χ2n) is 4.27. The molecule has 0 spiro atoms. The van der Waals surface area contributed by atoms with Crippen molar-refractivity contribution in [3.63, 3.8) is 0 Å². The Kier molecular flexibility index (Phi) is 7.49. The number of nitrogens with zero attached hydrogens (tertiary/aromatic N) is 1. The van der Waals surface area contributed by atoms with E-state index in [0.717, 1.165) is 13.0 Å². The molecule has 0 saturated carbocycles. The summed E-state index contributed by atoms with van der Waals surface area (Å²) < 4.78 is 5.28. The minimum atomic E-state index is -0.570. The number of nitro groups is 1. The lowest BCUT2D eigenvalue weighted by Crippen LogP contribution is -2.27. The highest BCUT2D eigenvalue weighted by Crippen LogP contribution is 2.29. The Morgan fingerprint density at radius 3 is 2.86 bits per heavy atom. The van der Waals surface area contributed by atoms with E-state index < -0.39 is 4.92 Å². The lowest BCUT2D eigenvalue weighted by molar-refractivity contribution is -0.385. The van der Waals surface area contributed by atoms with E-state index in [0.29, 0.717) is 6.54 Å². The molecule has 0 unspecified atom stereocenters. The van der Waals surface area contributed by atoms with Crippen molar-refractivity contribution >= 4 is 23.2 Å². The van der Waals surface area contributed by atoms with Crippen LogP contribution in [0.4, 0.5) is 5.69 Å². The second kappa shape index (κ2) is 9.15. The number of nitro benzene ring substituents is 1. The van der Waals surface area contributed by atoms with Gasteiger partial charge in [0, 0.05) is 17.6 Å². The van der Waals surface area contributed by atoms with Crippen LogP contribution in [0.3, 0.4) is 0 Å². The minimum Gasteiger partial charge on any atom is -0.486 e. The number of benzene rings is 1. The number of amides is 1. The summed E-state index contributed by atoms with van der Waals surface area (Å²) in [5, 5.41) is 16.8. The number of carbonyl (C=O) groups excluding carboxylic acids is 1. The number of rotatable bonds is 9. The van der Waals surface area contributed by atoms with Gasteiger partial charge in [-0.3, -0.25) is 14.9 Å². The van der Waals surface area contributed by atoms with Gasteiger partial charge in [-0.25, -0.2) is 0 Å². The first-order valence-electron chi connectivity index (χ1n) is 6.52. The molecule has 0 heterocycles. The van der Waals surface area contributed by atoms with Gasteiger partial charge in [-0.2, -0.15) is 0 Å². The van der Waals surface area contributed by atoms with Crippen LogP contribution in [-0.2, 0) is 4.79 Å². The number of ether oxygens (including phenoxy) is 1. The summed E-state index contributed by atoms with van der Waals surface area (Å²) >= 11 is 5.70. The molecule has 0 fully saturated rings. The van der Waals surface area contributed by atoms with Crippen LogP contribution in [-0.4, -0.2) is 37.6 Å². The van der Waals surface area contributed by atoms with Crippen LogP contribution < -0.4 is 15.4 Å². The number of hydrogen-bond acceptors (Lipinski definition) is 5. The molecule has 0 aromatic heterocycles. The zero-order valence-electron chi connectivity index (χ0n) is 11.7. The van der Waals surface area contributed by atoms with Gasteiger partial charge in [0.2, 0.25) is 5.91 Å². The predicted octanol–water partition coefficient (Wildman–Crippen LogP) is 1.74. The first kappa shape index (κ1) is 17.2. The van der Waals surface area contributed by atoms with Crippen LogP contribution >= 0.6 is 11.6 Å². The maximum atomic E-state index is 11.5. The summed E-state index contributed by atoms with van der Waals surface area (Å²) in [5.74, 6) is -0.0462. The Labute approximate surface area is 127 Å². The van der Waals surface area contributed by atoms with E-state index in [1.807, 2.05) is 7.05 Å². The highest BCUT2D eigenvalue weighted by atomic mass is 35.5. The Morgan fingerprint density at radius 1 is 1.43 bits per heavy atom. The summed E-state index contributed by atoms with van der Waals surface area (Å²) in [6, 6.07) is 4.14. The fraction of sp³-hybridized carbons (Fsp3) is 0.462. The molecule has 2 N–H and O–H groups in total. The van der Waals surface area contributed by atoms with Crippen molar-refractivity contribution < 1.29 is 14.5 Å². The Morgan fingerprint density at radius 2 is 2.19 bits per heavy atom. The summed E-state index contributed by atoms with van der Waals surface area (Å²) in [4.78, 5) is 21.8. The van der Waals surface area contributed by atoms with Gasteiger partial charge in [0.05, 0.1) is 18.0 Å². The van der Waals surface area contributed by atoms with Crippen molar-refractivity contribution in [2.45, 2.75) is 12.8 Å². The number of carbonyl (C=O) groups is 1. The summed E-state index contributed by atoms with van der Waals surface area (Å²) in [6.07, 6.45) is 0.977. The lowest BCUT2D eigenvalue weighted by Gasteiger charge is -2.08. The quantitative estimate of drug-likeness (QED) is 0.411. The molecule has 0 aliphatic rings. The zero-order valence-corrected chi connectivity index (χ0v) is 12.5. The van der Waals surface area contributed by atoms with Gasteiger partial charge in [-0.05, 0) is 32.1 Å². The Bertz CT molecular complexity index is 496. The molecule has 1 aromatic carbocycles. The van der Waals surface area contributed by atoms with Crippen molar-refractivity contribution in [3.8, 4) is 5.75 Å². The molecular weight excluding hydrogens is 298 g/mol. The first-order valence-corrected chi connectivity index (χ1v) is 6.90. The Hall–Kier alpha value is -1.86. The van der Waals surface area contributed by atoms with Crippen molar-refractivity contribution in [1.29, 1.82) is 0 Å². The van der Waals surface area contributed by atoms with Gasteiger partial charge in [0.1, 0.15) is 0 Å². The zero-order chi connectivity index (χ0) is 15.7. The standard InChI is InChI=1S/C13H18ClN3O4/c1-15-6-2-7-16-13(18)5-8-21-12-4-3-10(14)9-11(12)17(19)20/h3-4,9,15H,2,5-8H2,1H3,(H,16,18). The topological polar surface area (TPSA) is 93.5 Å². The van der Waals surface area contributed by atoms with Crippen molar-refractivity contribution in [3.05, 3.63) is 33.3 Å². The van der Waals surface area contributed by atoms with Gasteiger partial charge in [-0.15, -0.1) is 0 Å². The number of hydrogen-bond donors (Lipinski definition) is 2. The van der Waals surface area contributed by atoms with Crippen LogP contribution in [0.25, 0.3) is 0 Å². The first-order chi connectivity index (χ1) is 10.0. The van der Waals surface area contributed by atoms with Gasteiger partial charge in [-0.1, -0.05) is 11.6 Å². The normalized spacial score (nSPS) is 10.2. The van der Waals surface area contributed by atoms with Crippen molar-refractivity contribution in [2.75, 3.05) is 26.7 Å². The van der Waals surface area contributed by atoms with E-state index in [1.165, 1.54) is 18.2 Å².